The van der Waals surface area contributed by atoms with Gasteiger partial charge in [-0.25, -0.2) is 10.2 Å². The van der Waals surface area contributed by atoms with Crippen molar-refractivity contribution in [2.24, 2.45) is 0 Å². The lowest BCUT2D eigenvalue weighted by atomic mass is 10.1. The van der Waals surface area contributed by atoms with Gasteiger partial charge in [-0.05, 0) is 30.4 Å². The summed E-state index contributed by atoms with van der Waals surface area (Å²) in [5.41, 5.74) is 2.33. The van der Waals surface area contributed by atoms with Gasteiger partial charge in [0.25, 0.3) is 5.91 Å². The summed E-state index contributed by atoms with van der Waals surface area (Å²) in [5, 5.41) is 1.11. The fourth-order valence-corrected chi connectivity index (χ4v) is 3.31. The Bertz CT molecular complexity index is 1040. The standard InChI is InChI=1S/C16H10N2O6S2/c1-23-15(22)13(20)17-18-14(21)11(26-16(18)25)6-8-7-24-10-5-3-2-4-9(10)12(8)19/h2-7H,1H3,(H,17,20)/b11-6-. The van der Waals surface area contributed by atoms with Crippen LogP contribution in [0.5, 0.6) is 0 Å². The number of para-hydroxylation sites is 1. The second-order valence-electron chi connectivity index (χ2n) is 4.97. The fourth-order valence-electron chi connectivity index (χ4n) is 2.14. The van der Waals surface area contributed by atoms with E-state index >= 15 is 0 Å². The van der Waals surface area contributed by atoms with Crippen LogP contribution in [-0.2, 0) is 19.1 Å². The average molecular weight is 390 g/mol. The van der Waals surface area contributed by atoms with Crippen molar-refractivity contribution in [1.29, 1.82) is 0 Å². The summed E-state index contributed by atoms with van der Waals surface area (Å²) in [7, 11) is 1.03. The maximum atomic E-state index is 12.5. The molecule has 1 N–H and O–H groups in total. The number of rotatable bonds is 2. The minimum Gasteiger partial charge on any atom is -0.463 e. The summed E-state index contributed by atoms with van der Waals surface area (Å²) in [6, 6.07) is 6.70. The van der Waals surface area contributed by atoms with E-state index < -0.39 is 17.8 Å². The zero-order valence-corrected chi connectivity index (χ0v) is 14.8. The van der Waals surface area contributed by atoms with Crippen LogP contribution in [0.3, 0.4) is 0 Å². The van der Waals surface area contributed by atoms with Gasteiger partial charge in [-0.2, -0.15) is 5.01 Å². The van der Waals surface area contributed by atoms with E-state index in [-0.39, 0.29) is 20.2 Å². The topological polar surface area (TPSA) is 106 Å². The number of nitrogens with one attached hydrogen (secondary N) is 1. The lowest BCUT2D eigenvalue weighted by Gasteiger charge is -2.14. The molecule has 10 heteroatoms. The number of thioether (sulfide) groups is 1. The Hall–Kier alpha value is -2.98. The monoisotopic (exact) mass is 390 g/mol. The highest BCUT2D eigenvalue weighted by molar-refractivity contribution is 8.26. The van der Waals surface area contributed by atoms with Crippen LogP contribution in [0.1, 0.15) is 5.56 Å². The number of ether oxygens (including phenoxy) is 1. The van der Waals surface area contributed by atoms with E-state index in [1.54, 1.807) is 24.3 Å². The smallest absolute Gasteiger partial charge is 0.398 e. The molecule has 132 valence electrons. The number of carbonyl (C=O) groups is 3. The fraction of sp³-hybridized carbons (Fsp3) is 0.0625. The van der Waals surface area contributed by atoms with E-state index in [0.29, 0.717) is 11.0 Å². The van der Waals surface area contributed by atoms with Gasteiger partial charge in [-0.15, -0.1) is 0 Å². The van der Waals surface area contributed by atoms with Crippen LogP contribution in [0.15, 0.2) is 44.6 Å². The summed E-state index contributed by atoms with van der Waals surface area (Å²) >= 11 is 5.89. The van der Waals surface area contributed by atoms with Crippen molar-refractivity contribution in [1.82, 2.24) is 10.4 Å². The molecule has 2 amide bonds. The highest BCUT2D eigenvalue weighted by atomic mass is 32.2. The van der Waals surface area contributed by atoms with Crippen LogP contribution in [0, 0.1) is 0 Å². The largest absolute Gasteiger partial charge is 0.463 e. The molecule has 1 saturated heterocycles. The van der Waals surface area contributed by atoms with Gasteiger partial charge in [0.1, 0.15) is 11.8 Å². The second kappa shape index (κ2) is 7.10. The Morgan fingerprint density at radius 1 is 1.31 bits per heavy atom. The lowest BCUT2D eigenvalue weighted by molar-refractivity contribution is -0.155. The minimum absolute atomic E-state index is 0.00341. The first-order valence-corrected chi connectivity index (χ1v) is 8.32. The molecule has 3 rings (SSSR count). The number of methoxy groups -OCH3 is 1. The van der Waals surface area contributed by atoms with E-state index in [2.05, 4.69) is 10.2 Å². The Morgan fingerprint density at radius 2 is 2.04 bits per heavy atom. The Kier molecular flexibility index (Phi) is 4.87. The molecule has 0 radical (unpaired) electrons. The first-order valence-electron chi connectivity index (χ1n) is 7.10. The van der Waals surface area contributed by atoms with Gasteiger partial charge in [-0.1, -0.05) is 23.9 Å². The molecular weight excluding hydrogens is 380 g/mol. The first kappa shape index (κ1) is 17.8. The molecule has 0 atom stereocenters. The van der Waals surface area contributed by atoms with Gasteiger partial charge in [-0.3, -0.25) is 14.4 Å². The van der Waals surface area contributed by atoms with Crippen molar-refractivity contribution in [2.75, 3.05) is 7.11 Å². The van der Waals surface area contributed by atoms with Gasteiger partial charge >= 0.3 is 11.9 Å². The van der Waals surface area contributed by atoms with Gasteiger partial charge in [0.15, 0.2) is 9.75 Å². The third-order valence-corrected chi connectivity index (χ3v) is 4.67. The number of fused-ring (bicyclic) bond motifs is 1. The molecule has 0 spiro atoms. The molecule has 0 saturated carbocycles. The number of hydrogen-bond donors (Lipinski definition) is 1. The van der Waals surface area contributed by atoms with Crippen molar-refractivity contribution < 1.29 is 23.5 Å². The summed E-state index contributed by atoms with van der Waals surface area (Å²) < 4.78 is 9.66. The summed E-state index contributed by atoms with van der Waals surface area (Å²) in [5.74, 6) is -2.99. The van der Waals surface area contributed by atoms with Crippen molar-refractivity contribution in [3.63, 3.8) is 0 Å². The third kappa shape index (κ3) is 3.24. The number of nitrogens with zero attached hydrogens (tertiary/aromatic N) is 1. The maximum absolute atomic E-state index is 12.5. The van der Waals surface area contributed by atoms with Gasteiger partial charge < -0.3 is 9.15 Å². The summed E-state index contributed by atoms with van der Waals surface area (Å²) in [4.78, 5) is 47.7. The van der Waals surface area contributed by atoms with Crippen molar-refractivity contribution in [2.45, 2.75) is 0 Å². The van der Waals surface area contributed by atoms with Crippen molar-refractivity contribution >= 4 is 63.1 Å². The number of thiocarbonyl (C=S) groups is 1. The SMILES string of the molecule is COC(=O)C(=O)NN1C(=O)/C(=C/c2coc3ccccc3c2=O)SC1=S. The number of esters is 1. The Morgan fingerprint density at radius 3 is 2.77 bits per heavy atom. The molecule has 0 aliphatic carbocycles. The third-order valence-electron chi connectivity index (χ3n) is 3.37. The highest BCUT2D eigenvalue weighted by Gasteiger charge is 2.35. The van der Waals surface area contributed by atoms with Gasteiger partial charge in [0.2, 0.25) is 0 Å². The predicted octanol–water partition coefficient (Wildman–Crippen LogP) is 1.20. The van der Waals surface area contributed by atoms with Crippen molar-refractivity contribution in [3.8, 4) is 0 Å². The van der Waals surface area contributed by atoms with E-state index in [1.165, 1.54) is 12.3 Å². The number of carbonyl (C=O) groups excluding carboxylic acids is 3. The number of hydrazine groups is 1. The molecule has 8 nitrogen and oxygen atoms in total. The number of hydrogen-bond acceptors (Lipinski definition) is 8. The lowest BCUT2D eigenvalue weighted by Crippen LogP contribution is -2.47. The van der Waals surface area contributed by atoms with Crippen molar-refractivity contribution in [3.05, 3.63) is 51.2 Å². The molecule has 0 bridgehead atoms. The molecule has 1 aliphatic heterocycles. The second-order valence-corrected chi connectivity index (χ2v) is 6.64. The minimum atomic E-state index is -1.17. The van der Waals surface area contributed by atoms with Crippen LogP contribution in [0.4, 0.5) is 0 Å². The van der Waals surface area contributed by atoms with E-state index in [4.69, 9.17) is 16.6 Å². The molecule has 0 unspecified atom stereocenters. The summed E-state index contributed by atoms with van der Waals surface area (Å²) in [6.45, 7) is 0. The Balaban J connectivity index is 1.91. The summed E-state index contributed by atoms with van der Waals surface area (Å²) in [6.07, 6.45) is 2.56. The molecule has 26 heavy (non-hydrogen) atoms. The van der Waals surface area contributed by atoms with Crippen LogP contribution in [-0.4, -0.2) is 34.2 Å². The zero-order valence-electron chi connectivity index (χ0n) is 13.2. The zero-order chi connectivity index (χ0) is 18.8. The van der Waals surface area contributed by atoms with Crippen LogP contribution < -0.4 is 10.9 Å². The number of amides is 2. The highest BCUT2D eigenvalue weighted by Crippen LogP contribution is 2.31. The average Bonchev–Trinajstić information content (AvgIpc) is 2.90. The van der Waals surface area contributed by atoms with Crippen LogP contribution >= 0.6 is 24.0 Å². The molecule has 2 aromatic rings. The number of benzene rings is 1. The molecule has 1 fully saturated rings. The normalized spacial score (nSPS) is 15.6. The molecule has 1 aromatic carbocycles. The predicted molar refractivity (Wildman–Crippen MR) is 97.7 cm³/mol. The maximum Gasteiger partial charge on any atom is 0.398 e. The molecule has 1 aliphatic rings. The quantitative estimate of drug-likeness (QED) is 0.353. The molecular formula is C16H10N2O6S2. The molecule has 2 heterocycles. The Labute approximate surface area is 155 Å². The van der Waals surface area contributed by atoms with E-state index in [1.807, 2.05) is 0 Å². The van der Waals surface area contributed by atoms with Crippen LogP contribution in [0.2, 0.25) is 0 Å². The van der Waals surface area contributed by atoms with E-state index in [9.17, 15) is 19.2 Å². The van der Waals surface area contributed by atoms with Gasteiger partial charge in [0.05, 0.1) is 23.0 Å². The van der Waals surface area contributed by atoms with Gasteiger partial charge in [0, 0.05) is 0 Å². The van der Waals surface area contributed by atoms with Crippen LogP contribution in [0.25, 0.3) is 17.0 Å². The molecule has 1 aromatic heterocycles. The van der Waals surface area contributed by atoms with E-state index in [0.717, 1.165) is 23.9 Å². The first-order chi connectivity index (χ1) is 12.4.